The van der Waals surface area contributed by atoms with Crippen LogP contribution in [0.5, 0.6) is 5.75 Å². The lowest BCUT2D eigenvalue weighted by Gasteiger charge is -2.14. The van der Waals surface area contributed by atoms with Crippen LogP contribution in [0.25, 0.3) is 0 Å². The van der Waals surface area contributed by atoms with Gasteiger partial charge in [0, 0.05) is 17.8 Å². The molecule has 0 aromatic carbocycles. The van der Waals surface area contributed by atoms with Crippen molar-refractivity contribution in [2.24, 2.45) is 0 Å². The van der Waals surface area contributed by atoms with E-state index in [-0.39, 0.29) is 41.2 Å². The number of aromatic nitrogens is 1. The minimum atomic E-state index is -3.02. The predicted molar refractivity (Wildman–Crippen MR) is 77.2 cm³/mol. The van der Waals surface area contributed by atoms with Gasteiger partial charge < -0.3 is 14.6 Å². The first-order valence-electron chi connectivity index (χ1n) is 6.55. The summed E-state index contributed by atoms with van der Waals surface area (Å²) < 4.78 is 29.2. The number of nitrogens with zero attached hydrogens (tertiary/aromatic N) is 1. The molecule has 116 valence electrons. The van der Waals surface area contributed by atoms with Crippen LogP contribution in [-0.4, -0.2) is 43.5 Å². The van der Waals surface area contributed by atoms with Crippen molar-refractivity contribution in [3.8, 4) is 5.75 Å². The van der Waals surface area contributed by atoms with Crippen molar-refractivity contribution in [3.05, 3.63) is 28.2 Å². The van der Waals surface area contributed by atoms with Crippen molar-refractivity contribution >= 4 is 15.7 Å². The second kappa shape index (κ2) is 5.88. The van der Waals surface area contributed by atoms with Crippen LogP contribution in [-0.2, 0) is 21.2 Å². The summed E-state index contributed by atoms with van der Waals surface area (Å²) in [6.45, 7) is 1.73. The zero-order valence-electron chi connectivity index (χ0n) is 12.0. The highest BCUT2D eigenvalue weighted by Crippen LogP contribution is 2.11. The molecule has 8 heteroatoms. The number of pyridine rings is 1. The number of hydrogen-bond acceptors (Lipinski definition) is 5. The number of rotatable bonds is 4. The Hall–Kier alpha value is -1.83. The van der Waals surface area contributed by atoms with E-state index in [1.165, 1.54) is 19.4 Å². The first-order valence-corrected chi connectivity index (χ1v) is 8.38. The third kappa shape index (κ3) is 3.84. The Labute approximate surface area is 122 Å². The standard InChI is InChI=1S/C13H18N2O5S/c1-9-5-11(16)12(20-2)6-15(9)7-13(17)14-10-3-4-21(18,19)8-10/h5-6,10H,3-4,7-8H2,1-2H3,(H,14,17). The largest absolute Gasteiger partial charge is 0.491 e. The third-order valence-corrected chi connectivity index (χ3v) is 5.21. The fourth-order valence-corrected chi connectivity index (χ4v) is 3.98. The molecule has 1 unspecified atom stereocenters. The average Bonchev–Trinajstić information content (AvgIpc) is 2.72. The molecule has 7 nitrogen and oxygen atoms in total. The fraction of sp³-hybridized carbons (Fsp3) is 0.538. The van der Waals surface area contributed by atoms with Crippen LogP contribution in [0.2, 0.25) is 0 Å². The highest BCUT2D eigenvalue weighted by molar-refractivity contribution is 7.91. The first-order chi connectivity index (χ1) is 9.80. The van der Waals surface area contributed by atoms with Gasteiger partial charge in [-0.15, -0.1) is 0 Å². The molecule has 1 aliphatic heterocycles. The lowest BCUT2D eigenvalue weighted by Crippen LogP contribution is -2.38. The monoisotopic (exact) mass is 314 g/mol. The van der Waals surface area contributed by atoms with Crippen LogP contribution < -0.4 is 15.5 Å². The summed E-state index contributed by atoms with van der Waals surface area (Å²) in [5.41, 5.74) is 0.392. The van der Waals surface area contributed by atoms with Crippen molar-refractivity contribution in [2.75, 3.05) is 18.6 Å². The average molecular weight is 314 g/mol. The molecule has 1 aliphatic rings. The third-order valence-electron chi connectivity index (χ3n) is 3.44. The van der Waals surface area contributed by atoms with Crippen LogP contribution in [0.4, 0.5) is 0 Å². The van der Waals surface area contributed by atoms with E-state index in [9.17, 15) is 18.0 Å². The summed E-state index contributed by atoms with van der Waals surface area (Å²) in [5, 5.41) is 2.70. The highest BCUT2D eigenvalue weighted by atomic mass is 32.2. The van der Waals surface area contributed by atoms with E-state index in [1.54, 1.807) is 11.5 Å². The summed E-state index contributed by atoms with van der Waals surface area (Å²) in [5.74, 6) is -0.0173. The van der Waals surface area contributed by atoms with Gasteiger partial charge in [-0.25, -0.2) is 8.42 Å². The Morgan fingerprint density at radius 3 is 2.81 bits per heavy atom. The van der Waals surface area contributed by atoms with Gasteiger partial charge in [0.05, 0.1) is 24.8 Å². The second-order valence-electron chi connectivity index (χ2n) is 5.14. The van der Waals surface area contributed by atoms with Crippen LogP contribution in [0, 0.1) is 6.92 Å². The molecule has 1 atom stereocenters. The van der Waals surface area contributed by atoms with Gasteiger partial charge in [-0.2, -0.15) is 0 Å². The van der Waals surface area contributed by atoms with Crippen molar-refractivity contribution in [2.45, 2.75) is 25.9 Å². The molecule has 1 N–H and O–H groups in total. The van der Waals surface area contributed by atoms with E-state index in [2.05, 4.69) is 5.32 Å². The number of nitrogens with one attached hydrogen (secondary N) is 1. The fourth-order valence-electron chi connectivity index (χ4n) is 2.31. The molecule has 0 aliphatic carbocycles. The number of ether oxygens (including phenoxy) is 1. The van der Waals surface area contributed by atoms with Crippen LogP contribution >= 0.6 is 0 Å². The summed E-state index contributed by atoms with van der Waals surface area (Å²) in [7, 11) is -1.63. The van der Waals surface area contributed by atoms with E-state index < -0.39 is 9.84 Å². The van der Waals surface area contributed by atoms with Gasteiger partial charge in [0.1, 0.15) is 6.54 Å². The zero-order valence-corrected chi connectivity index (χ0v) is 12.8. The Morgan fingerprint density at radius 2 is 2.24 bits per heavy atom. The Morgan fingerprint density at radius 1 is 1.52 bits per heavy atom. The first kappa shape index (κ1) is 15.6. The molecule has 1 aromatic rings. The van der Waals surface area contributed by atoms with Gasteiger partial charge >= 0.3 is 0 Å². The van der Waals surface area contributed by atoms with E-state index >= 15 is 0 Å². The number of sulfone groups is 1. The number of carbonyl (C=O) groups is 1. The molecule has 21 heavy (non-hydrogen) atoms. The van der Waals surface area contributed by atoms with Gasteiger partial charge in [-0.05, 0) is 13.3 Å². The maximum Gasteiger partial charge on any atom is 0.240 e. The van der Waals surface area contributed by atoms with E-state index in [1.807, 2.05) is 0 Å². The minimum Gasteiger partial charge on any atom is -0.491 e. The van der Waals surface area contributed by atoms with Crippen LogP contribution in [0.1, 0.15) is 12.1 Å². The van der Waals surface area contributed by atoms with Crippen molar-refractivity contribution in [1.82, 2.24) is 9.88 Å². The maximum atomic E-state index is 12.0. The lowest BCUT2D eigenvalue weighted by atomic mass is 10.2. The maximum absolute atomic E-state index is 12.0. The molecular weight excluding hydrogens is 296 g/mol. The van der Waals surface area contributed by atoms with Crippen molar-refractivity contribution in [1.29, 1.82) is 0 Å². The van der Waals surface area contributed by atoms with Crippen LogP contribution in [0.15, 0.2) is 17.1 Å². The summed E-state index contributed by atoms with van der Waals surface area (Å²) >= 11 is 0. The smallest absolute Gasteiger partial charge is 0.240 e. The number of aryl methyl sites for hydroxylation is 1. The molecule has 0 bridgehead atoms. The molecule has 0 saturated carbocycles. The van der Waals surface area contributed by atoms with Crippen molar-refractivity contribution < 1.29 is 17.9 Å². The van der Waals surface area contributed by atoms with Crippen LogP contribution in [0.3, 0.4) is 0 Å². The molecule has 0 spiro atoms. The molecule has 1 saturated heterocycles. The predicted octanol–water partition coefficient (Wildman–Crippen LogP) is -0.531. The number of hydrogen-bond donors (Lipinski definition) is 1. The van der Waals surface area contributed by atoms with E-state index in [0.717, 1.165) is 0 Å². The van der Waals surface area contributed by atoms with Gasteiger partial charge in [0.2, 0.25) is 11.3 Å². The molecule has 1 amide bonds. The van der Waals surface area contributed by atoms with Gasteiger partial charge in [0.25, 0.3) is 0 Å². The molecule has 0 radical (unpaired) electrons. The van der Waals surface area contributed by atoms with Crippen molar-refractivity contribution in [3.63, 3.8) is 0 Å². The number of amides is 1. The SMILES string of the molecule is COc1cn(CC(=O)NC2CCS(=O)(=O)C2)c(C)cc1=O. The van der Waals surface area contributed by atoms with E-state index in [0.29, 0.717) is 12.1 Å². The Kier molecular flexibility index (Phi) is 4.36. The number of carbonyl (C=O) groups excluding carboxylic acids is 1. The summed E-state index contributed by atoms with van der Waals surface area (Å²) in [4.78, 5) is 23.5. The molecule has 2 rings (SSSR count). The summed E-state index contributed by atoms with van der Waals surface area (Å²) in [6.07, 6.45) is 1.92. The second-order valence-corrected chi connectivity index (χ2v) is 7.37. The molecule has 1 aromatic heterocycles. The lowest BCUT2D eigenvalue weighted by molar-refractivity contribution is -0.122. The van der Waals surface area contributed by atoms with E-state index in [4.69, 9.17) is 4.74 Å². The Balaban J connectivity index is 2.05. The summed E-state index contributed by atoms with van der Waals surface area (Å²) in [6, 6.07) is 1.07. The van der Waals surface area contributed by atoms with Gasteiger partial charge in [-0.1, -0.05) is 0 Å². The quantitative estimate of drug-likeness (QED) is 0.806. The topological polar surface area (TPSA) is 94.5 Å². The molecular formula is C13H18N2O5S. The van der Waals surface area contributed by atoms with Gasteiger partial charge in [0.15, 0.2) is 15.6 Å². The van der Waals surface area contributed by atoms with Gasteiger partial charge in [-0.3, -0.25) is 9.59 Å². The molecule has 1 fully saturated rings. The Bertz CT molecular complexity index is 708. The zero-order chi connectivity index (χ0) is 15.6. The molecule has 2 heterocycles. The normalized spacial score (nSPS) is 20.2. The minimum absolute atomic E-state index is 0.00872. The highest BCUT2D eigenvalue weighted by Gasteiger charge is 2.28. The number of methoxy groups -OCH3 is 1.